The van der Waals surface area contributed by atoms with E-state index in [1.54, 1.807) is 24.3 Å². The third-order valence-corrected chi connectivity index (χ3v) is 3.46. The Hall–Kier alpha value is -1.59. The molecule has 0 aliphatic carbocycles. The number of anilines is 1. The lowest BCUT2D eigenvalue weighted by atomic mass is 10.1. The molecule has 4 nitrogen and oxygen atoms in total. The summed E-state index contributed by atoms with van der Waals surface area (Å²) in [4.78, 5) is 16.4. The van der Waals surface area contributed by atoms with Gasteiger partial charge in [0.15, 0.2) is 0 Å². The van der Waals surface area contributed by atoms with Gasteiger partial charge >= 0.3 is 0 Å². The second-order valence-corrected chi connectivity index (χ2v) is 6.47. The van der Waals surface area contributed by atoms with Crippen LogP contribution in [0.25, 0.3) is 0 Å². The largest absolute Gasteiger partial charge is 0.492 e. The third kappa shape index (κ3) is 4.71. The van der Waals surface area contributed by atoms with Crippen LogP contribution in [-0.2, 0) is 0 Å². The molecule has 22 heavy (non-hydrogen) atoms. The van der Waals surface area contributed by atoms with Gasteiger partial charge in [-0.1, -0.05) is 41.4 Å². The molecule has 0 saturated heterocycles. The van der Waals surface area contributed by atoms with Crippen LogP contribution in [0.15, 0.2) is 41.0 Å². The molecule has 0 aliphatic heterocycles. The zero-order chi connectivity index (χ0) is 16.1. The Morgan fingerprint density at radius 2 is 2.14 bits per heavy atom. The Bertz CT molecular complexity index is 660. The normalized spacial score (nSPS) is 10.6. The van der Waals surface area contributed by atoms with E-state index in [2.05, 4.69) is 40.1 Å². The van der Waals surface area contributed by atoms with Crippen molar-refractivity contribution in [3.8, 4) is 5.75 Å². The van der Waals surface area contributed by atoms with Crippen molar-refractivity contribution in [2.75, 3.05) is 11.9 Å². The summed E-state index contributed by atoms with van der Waals surface area (Å²) in [6, 6.07) is 8.67. The molecule has 0 radical (unpaired) electrons. The van der Waals surface area contributed by atoms with Gasteiger partial charge in [0.2, 0.25) is 0 Å². The minimum Gasteiger partial charge on any atom is -0.492 e. The molecule has 2 aromatic rings. The van der Waals surface area contributed by atoms with Crippen molar-refractivity contribution >= 4 is 39.1 Å². The number of aromatic nitrogens is 1. The third-order valence-electron chi connectivity index (χ3n) is 2.74. The summed E-state index contributed by atoms with van der Waals surface area (Å²) in [6.07, 6.45) is 1.51. The first kappa shape index (κ1) is 16.8. The number of nitrogens with zero attached hydrogens (tertiary/aromatic N) is 1. The van der Waals surface area contributed by atoms with Crippen molar-refractivity contribution in [1.29, 1.82) is 0 Å². The highest BCUT2D eigenvalue weighted by Gasteiger charge is 2.14. The van der Waals surface area contributed by atoms with Gasteiger partial charge in [-0.05, 0) is 36.2 Å². The van der Waals surface area contributed by atoms with E-state index in [1.807, 2.05) is 6.07 Å². The summed E-state index contributed by atoms with van der Waals surface area (Å²) in [5.74, 6) is 0.667. The standard InChI is InChI=1S/C16H16BrClN2O2/c1-10(2)9-22-14-5-3-11(17)7-13(14)16(21)20-12-4-6-15(18)19-8-12/h3-8,10H,9H2,1-2H3,(H,20,21). The van der Waals surface area contributed by atoms with Crippen LogP contribution in [0.4, 0.5) is 5.69 Å². The van der Waals surface area contributed by atoms with Gasteiger partial charge in [0, 0.05) is 4.47 Å². The van der Waals surface area contributed by atoms with Gasteiger partial charge in [-0.2, -0.15) is 0 Å². The first-order valence-corrected chi connectivity index (χ1v) is 7.98. The monoisotopic (exact) mass is 382 g/mol. The Labute approximate surface area is 143 Å². The molecule has 0 unspecified atom stereocenters. The van der Waals surface area contributed by atoms with Gasteiger partial charge in [-0.25, -0.2) is 4.98 Å². The van der Waals surface area contributed by atoms with Crippen molar-refractivity contribution in [2.45, 2.75) is 13.8 Å². The fourth-order valence-corrected chi connectivity index (χ4v) is 2.18. The van der Waals surface area contributed by atoms with E-state index in [1.165, 1.54) is 6.20 Å². The molecule has 1 heterocycles. The van der Waals surface area contributed by atoms with Crippen LogP contribution in [0.2, 0.25) is 5.15 Å². The molecule has 0 bridgehead atoms. The number of rotatable bonds is 5. The van der Waals surface area contributed by atoms with Crippen LogP contribution in [0.1, 0.15) is 24.2 Å². The van der Waals surface area contributed by atoms with Crippen LogP contribution in [0.5, 0.6) is 5.75 Å². The number of carbonyl (C=O) groups excluding carboxylic acids is 1. The SMILES string of the molecule is CC(C)COc1ccc(Br)cc1C(=O)Nc1ccc(Cl)nc1. The average molecular weight is 384 g/mol. The highest BCUT2D eigenvalue weighted by atomic mass is 79.9. The zero-order valence-corrected chi connectivity index (χ0v) is 14.6. The maximum Gasteiger partial charge on any atom is 0.259 e. The van der Waals surface area contributed by atoms with E-state index in [-0.39, 0.29) is 5.91 Å². The Morgan fingerprint density at radius 3 is 2.77 bits per heavy atom. The molecule has 6 heteroatoms. The molecule has 116 valence electrons. The second kappa shape index (κ2) is 7.61. The van der Waals surface area contributed by atoms with E-state index >= 15 is 0 Å². The topological polar surface area (TPSA) is 51.2 Å². The molecule has 0 aliphatic rings. The highest BCUT2D eigenvalue weighted by molar-refractivity contribution is 9.10. The predicted octanol–water partition coefficient (Wildman–Crippen LogP) is 4.78. The van der Waals surface area contributed by atoms with Crippen LogP contribution in [-0.4, -0.2) is 17.5 Å². The van der Waals surface area contributed by atoms with Gasteiger partial charge in [0.1, 0.15) is 10.9 Å². The Kier molecular flexibility index (Phi) is 5.80. The maximum absolute atomic E-state index is 12.4. The Balaban J connectivity index is 2.20. The molecule has 1 aromatic heterocycles. The number of carbonyl (C=O) groups is 1. The van der Waals surface area contributed by atoms with E-state index in [4.69, 9.17) is 16.3 Å². The molecule has 1 aromatic carbocycles. The van der Waals surface area contributed by atoms with Crippen molar-refractivity contribution in [2.24, 2.45) is 5.92 Å². The molecule has 1 N–H and O–H groups in total. The van der Waals surface area contributed by atoms with E-state index in [0.717, 1.165) is 4.47 Å². The number of hydrogen-bond acceptors (Lipinski definition) is 3. The molecule has 1 amide bonds. The smallest absolute Gasteiger partial charge is 0.259 e. The molecule has 2 rings (SSSR count). The number of halogens is 2. The summed E-state index contributed by atoms with van der Waals surface area (Å²) in [6.45, 7) is 4.65. The summed E-state index contributed by atoms with van der Waals surface area (Å²) in [5.41, 5.74) is 1.04. The van der Waals surface area contributed by atoms with Crippen molar-refractivity contribution in [3.63, 3.8) is 0 Å². The number of pyridine rings is 1. The van der Waals surface area contributed by atoms with Gasteiger partial charge in [-0.15, -0.1) is 0 Å². The van der Waals surface area contributed by atoms with Gasteiger partial charge in [-0.3, -0.25) is 4.79 Å². The predicted molar refractivity (Wildman–Crippen MR) is 91.7 cm³/mol. The lowest BCUT2D eigenvalue weighted by molar-refractivity contribution is 0.102. The minimum atomic E-state index is -0.260. The summed E-state index contributed by atoms with van der Waals surface area (Å²) < 4.78 is 6.52. The zero-order valence-electron chi connectivity index (χ0n) is 12.3. The Morgan fingerprint density at radius 1 is 1.36 bits per heavy atom. The van der Waals surface area contributed by atoms with E-state index in [0.29, 0.717) is 34.7 Å². The number of benzene rings is 1. The fourth-order valence-electron chi connectivity index (χ4n) is 1.71. The van der Waals surface area contributed by atoms with Crippen molar-refractivity contribution in [1.82, 2.24) is 4.98 Å². The highest BCUT2D eigenvalue weighted by Crippen LogP contribution is 2.25. The minimum absolute atomic E-state index is 0.260. The van der Waals surface area contributed by atoms with Gasteiger partial charge < -0.3 is 10.1 Å². The van der Waals surface area contributed by atoms with Crippen LogP contribution >= 0.6 is 27.5 Å². The molecule has 0 spiro atoms. The summed E-state index contributed by atoms with van der Waals surface area (Å²) in [5, 5.41) is 3.16. The molecule has 0 atom stereocenters. The van der Waals surface area contributed by atoms with Crippen LogP contribution in [0.3, 0.4) is 0 Å². The summed E-state index contributed by atoms with van der Waals surface area (Å²) in [7, 11) is 0. The number of amides is 1. The number of hydrogen-bond donors (Lipinski definition) is 1. The number of nitrogens with one attached hydrogen (secondary N) is 1. The summed E-state index contributed by atoms with van der Waals surface area (Å²) >= 11 is 9.11. The molecular formula is C16H16BrClN2O2. The van der Waals surface area contributed by atoms with Crippen molar-refractivity contribution in [3.05, 3.63) is 51.7 Å². The molecule has 0 fully saturated rings. The van der Waals surface area contributed by atoms with Gasteiger partial charge in [0.05, 0.1) is 24.1 Å². The maximum atomic E-state index is 12.4. The first-order chi connectivity index (χ1) is 10.5. The second-order valence-electron chi connectivity index (χ2n) is 5.17. The quantitative estimate of drug-likeness (QED) is 0.756. The molecule has 0 saturated carbocycles. The lowest BCUT2D eigenvalue weighted by Gasteiger charge is -2.13. The van der Waals surface area contributed by atoms with Crippen molar-refractivity contribution < 1.29 is 9.53 Å². The van der Waals surface area contributed by atoms with Gasteiger partial charge in [0.25, 0.3) is 5.91 Å². The first-order valence-electron chi connectivity index (χ1n) is 6.81. The lowest BCUT2D eigenvalue weighted by Crippen LogP contribution is -2.15. The molecular weight excluding hydrogens is 368 g/mol. The van der Waals surface area contributed by atoms with Crippen LogP contribution < -0.4 is 10.1 Å². The van der Waals surface area contributed by atoms with E-state index < -0.39 is 0 Å². The fraction of sp³-hybridized carbons (Fsp3) is 0.250. The average Bonchev–Trinajstić information content (AvgIpc) is 2.48. The van der Waals surface area contributed by atoms with Crippen LogP contribution in [0, 0.1) is 5.92 Å². The van der Waals surface area contributed by atoms with E-state index in [9.17, 15) is 4.79 Å². The number of ether oxygens (including phenoxy) is 1.